The number of hydrogen-bond donors (Lipinski definition) is 2. The van der Waals surface area contributed by atoms with E-state index in [1.54, 1.807) is 11.1 Å². The highest BCUT2D eigenvalue weighted by Gasteiger charge is 2.29. The van der Waals surface area contributed by atoms with Crippen LogP contribution in [0, 0.1) is 10.7 Å². The highest BCUT2D eigenvalue weighted by Crippen LogP contribution is 2.23. The van der Waals surface area contributed by atoms with Crippen molar-refractivity contribution in [1.29, 1.82) is 0 Å². The van der Waals surface area contributed by atoms with E-state index < -0.39 is 0 Å². The molecule has 1 aromatic carbocycles. The molecular formula is C20H20N4O2S2. The molecule has 1 atom stereocenters. The summed E-state index contributed by atoms with van der Waals surface area (Å²) in [5, 5.41) is 4.89. The number of carbonyl (C=O) groups is 2. The van der Waals surface area contributed by atoms with Gasteiger partial charge in [-0.2, -0.15) is 0 Å². The molecular weight excluding hydrogens is 392 g/mol. The monoisotopic (exact) mass is 412 g/mol. The average Bonchev–Trinajstić information content (AvgIpc) is 3.39. The predicted octanol–water partition coefficient (Wildman–Crippen LogP) is 4.09. The molecule has 28 heavy (non-hydrogen) atoms. The van der Waals surface area contributed by atoms with Gasteiger partial charge in [0, 0.05) is 36.9 Å². The van der Waals surface area contributed by atoms with E-state index in [0.717, 1.165) is 23.4 Å². The lowest BCUT2D eigenvalue weighted by molar-refractivity contribution is -0.121. The van der Waals surface area contributed by atoms with Crippen LogP contribution < -0.4 is 5.32 Å². The van der Waals surface area contributed by atoms with Crippen LogP contribution in [0.3, 0.4) is 0 Å². The number of hydrogen-bond acceptors (Lipinski definition) is 4. The zero-order valence-electron chi connectivity index (χ0n) is 15.1. The van der Waals surface area contributed by atoms with Crippen molar-refractivity contribution in [2.24, 2.45) is 5.92 Å². The molecule has 6 nitrogen and oxygen atoms in total. The lowest BCUT2D eigenvalue weighted by Crippen LogP contribution is -2.43. The predicted molar refractivity (Wildman–Crippen MR) is 113 cm³/mol. The van der Waals surface area contributed by atoms with Crippen molar-refractivity contribution in [3.05, 3.63) is 63.8 Å². The molecule has 3 aromatic rings. The maximum absolute atomic E-state index is 12.8. The average molecular weight is 413 g/mol. The van der Waals surface area contributed by atoms with E-state index in [4.69, 9.17) is 12.2 Å². The Kier molecular flexibility index (Phi) is 5.40. The Morgan fingerprint density at radius 2 is 2.14 bits per heavy atom. The third kappa shape index (κ3) is 3.93. The molecule has 1 fully saturated rings. The topological polar surface area (TPSA) is 70.1 Å². The number of rotatable bonds is 4. The fraction of sp³-hybridized carbons (Fsp3) is 0.250. The highest BCUT2D eigenvalue weighted by atomic mass is 32.1. The number of likely N-dealkylation sites (tertiary alicyclic amines) is 1. The van der Waals surface area contributed by atoms with Crippen molar-refractivity contribution in [3.63, 3.8) is 0 Å². The first-order valence-electron chi connectivity index (χ1n) is 9.12. The normalized spacial score (nSPS) is 16.7. The van der Waals surface area contributed by atoms with Gasteiger partial charge >= 0.3 is 0 Å². The molecule has 3 heterocycles. The maximum Gasteiger partial charge on any atom is 0.263 e. The third-order valence-electron chi connectivity index (χ3n) is 4.85. The summed E-state index contributed by atoms with van der Waals surface area (Å²) >= 11 is 6.69. The number of benzene rings is 1. The van der Waals surface area contributed by atoms with E-state index in [0.29, 0.717) is 23.5 Å². The molecule has 4 rings (SSSR count). The SMILES string of the molecule is O=C(Nc1cccc(-n2cc[nH]c2=S)c1)C1CCCN(C(=O)c2cccs2)C1. The second kappa shape index (κ2) is 8.12. The summed E-state index contributed by atoms with van der Waals surface area (Å²) in [6, 6.07) is 11.3. The molecule has 0 bridgehead atoms. The molecule has 0 radical (unpaired) electrons. The zero-order valence-corrected chi connectivity index (χ0v) is 16.8. The van der Waals surface area contributed by atoms with Gasteiger partial charge in [0.05, 0.1) is 10.8 Å². The van der Waals surface area contributed by atoms with E-state index in [2.05, 4.69) is 10.3 Å². The van der Waals surface area contributed by atoms with Gasteiger partial charge in [-0.3, -0.25) is 14.2 Å². The summed E-state index contributed by atoms with van der Waals surface area (Å²) in [6.07, 6.45) is 5.23. The molecule has 0 spiro atoms. The second-order valence-corrected chi connectivity index (χ2v) is 8.08. The van der Waals surface area contributed by atoms with Crippen molar-refractivity contribution < 1.29 is 9.59 Å². The molecule has 144 valence electrons. The van der Waals surface area contributed by atoms with Crippen LogP contribution in [-0.2, 0) is 4.79 Å². The van der Waals surface area contributed by atoms with Gasteiger partial charge in [0.25, 0.3) is 5.91 Å². The van der Waals surface area contributed by atoms with Crippen LogP contribution in [0.25, 0.3) is 5.69 Å². The molecule has 8 heteroatoms. The Bertz CT molecular complexity index is 1040. The minimum atomic E-state index is -0.212. The second-order valence-electron chi connectivity index (χ2n) is 6.74. The van der Waals surface area contributed by atoms with Crippen molar-refractivity contribution >= 4 is 41.1 Å². The minimum absolute atomic E-state index is 0.0105. The van der Waals surface area contributed by atoms with Gasteiger partial charge in [0.1, 0.15) is 0 Å². The smallest absolute Gasteiger partial charge is 0.263 e. The summed E-state index contributed by atoms with van der Waals surface area (Å²) in [5.41, 5.74) is 1.59. The van der Waals surface area contributed by atoms with Crippen molar-refractivity contribution in [2.45, 2.75) is 12.8 Å². The van der Waals surface area contributed by atoms with Crippen LogP contribution in [0.5, 0.6) is 0 Å². The highest BCUT2D eigenvalue weighted by molar-refractivity contribution is 7.71. The Morgan fingerprint density at radius 3 is 2.89 bits per heavy atom. The number of aromatic amines is 1. The van der Waals surface area contributed by atoms with Gasteiger partial charge in [-0.25, -0.2) is 0 Å². The number of aromatic nitrogens is 2. The Balaban J connectivity index is 1.44. The summed E-state index contributed by atoms with van der Waals surface area (Å²) in [6.45, 7) is 1.15. The molecule has 2 N–H and O–H groups in total. The van der Waals surface area contributed by atoms with Gasteiger partial charge in [-0.05, 0) is 54.7 Å². The fourth-order valence-corrected chi connectivity index (χ4v) is 4.36. The summed E-state index contributed by atoms with van der Waals surface area (Å²) in [5.74, 6) is -0.259. The van der Waals surface area contributed by atoms with E-state index in [1.807, 2.05) is 52.5 Å². The van der Waals surface area contributed by atoms with Crippen molar-refractivity contribution in [2.75, 3.05) is 18.4 Å². The number of amides is 2. The maximum atomic E-state index is 12.8. The molecule has 0 saturated carbocycles. The standard InChI is InChI=1S/C20H20N4O2S2/c25-18(14-4-2-9-23(13-14)19(26)17-7-3-11-28-17)22-15-5-1-6-16(12-15)24-10-8-21-20(24)27/h1,3,5-8,10-12,14H,2,4,9,13H2,(H,21,27)(H,22,25). The number of nitrogens with zero attached hydrogens (tertiary/aromatic N) is 2. The number of thiophene rings is 1. The van der Waals surface area contributed by atoms with E-state index in [9.17, 15) is 9.59 Å². The van der Waals surface area contributed by atoms with Gasteiger partial charge in [-0.1, -0.05) is 12.1 Å². The largest absolute Gasteiger partial charge is 0.337 e. The van der Waals surface area contributed by atoms with Crippen LogP contribution >= 0.6 is 23.6 Å². The van der Waals surface area contributed by atoms with Crippen LogP contribution in [0.15, 0.2) is 54.2 Å². The van der Waals surface area contributed by atoms with Gasteiger partial charge < -0.3 is 15.2 Å². The van der Waals surface area contributed by atoms with E-state index >= 15 is 0 Å². The van der Waals surface area contributed by atoms with Crippen molar-refractivity contribution in [1.82, 2.24) is 14.5 Å². The first-order chi connectivity index (χ1) is 13.6. The molecule has 2 amide bonds. The Hall–Kier alpha value is -2.71. The van der Waals surface area contributed by atoms with E-state index in [1.165, 1.54) is 11.3 Å². The summed E-state index contributed by atoms with van der Waals surface area (Å²) in [4.78, 5) is 30.9. The minimum Gasteiger partial charge on any atom is -0.337 e. The summed E-state index contributed by atoms with van der Waals surface area (Å²) in [7, 11) is 0. The Morgan fingerprint density at radius 1 is 1.25 bits per heavy atom. The molecule has 1 aliphatic heterocycles. The molecule has 1 saturated heterocycles. The van der Waals surface area contributed by atoms with Crippen LogP contribution in [0.4, 0.5) is 5.69 Å². The van der Waals surface area contributed by atoms with Crippen LogP contribution in [-0.4, -0.2) is 39.4 Å². The molecule has 1 unspecified atom stereocenters. The Labute approximate surface area is 171 Å². The quantitative estimate of drug-likeness (QED) is 0.634. The summed E-state index contributed by atoms with van der Waals surface area (Å²) < 4.78 is 2.44. The number of piperidine rings is 1. The first kappa shape index (κ1) is 18.6. The van der Waals surface area contributed by atoms with Gasteiger partial charge in [0.15, 0.2) is 4.77 Å². The number of nitrogens with one attached hydrogen (secondary N) is 2. The number of carbonyl (C=O) groups excluding carboxylic acids is 2. The third-order valence-corrected chi connectivity index (χ3v) is 6.02. The number of anilines is 1. The van der Waals surface area contributed by atoms with Gasteiger partial charge in [0.2, 0.25) is 5.91 Å². The van der Waals surface area contributed by atoms with E-state index in [-0.39, 0.29) is 17.7 Å². The van der Waals surface area contributed by atoms with Crippen molar-refractivity contribution in [3.8, 4) is 5.69 Å². The lowest BCUT2D eigenvalue weighted by atomic mass is 9.97. The lowest BCUT2D eigenvalue weighted by Gasteiger charge is -2.31. The molecule has 1 aliphatic rings. The first-order valence-corrected chi connectivity index (χ1v) is 10.4. The zero-order chi connectivity index (χ0) is 19.5. The number of imidazole rings is 1. The van der Waals surface area contributed by atoms with Gasteiger partial charge in [-0.15, -0.1) is 11.3 Å². The van der Waals surface area contributed by atoms with Crippen LogP contribution in [0.1, 0.15) is 22.5 Å². The number of H-pyrrole nitrogens is 1. The molecule has 2 aromatic heterocycles. The molecule has 0 aliphatic carbocycles. The van der Waals surface area contributed by atoms with Crippen LogP contribution in [0.2, 0.25) is 0 Å². The fourth-order valence-electron chi connectivity index (χ4n) is 3.43.